The lowest BCUT2D eigenvalue weighted by molar-refractivity contribution is 0.869. The predicted molar refractivity (Wildman–Crippen MR) is 70.7 cm³/mol. The molecule has 1 aromatic carbocycles. The van der Waals surface area contributed by atoms with E-state index in [4.69, 9.17) is 35.4 Å². The minimum absolute atomic E-state index is 0.468. The molecule has 3 nitrogen and oxygen atoms in total. The largest absolute Gasteiger partial charge is 0.269 e. The molecular weight excluding hydrogens is 277 g/mol. The first-order valence-corrected chi connectivity index (χ1v) is 6.46. The van der Waals surface area contributed by atoms with Crippen LogP contribution in [-0.2, 0) is 0 Å². The Kier molecular flexibility index (Phi) is 2.73. The van der Waals surface area contributed by atoms with Crippen LogP contribution >= 0.6 is 35.4 Å². The second-order valence-electron chi connectivity index (χ2n) is 4.07. The van der Waals surface area contributed by atoms with Gasteiger partial charge in [0, 0.05) is 5.92 Å². The molecular formula is C11H9Cl2N3S. The maximum absolute atomic E-state index is 6.20. The van der Waals surface area contributed by atoms with Crippen molar-refractivity contribution in [2.24, 2.45) is 0 Å². The number of para-hydroxylation sites is 1. The Hall–Kier alpha value is -0.840. The van der Waals surface area contributed by atoms with E-state index in [0.29, 0.717) is 20.7 Å². The predicted octanol–water partition coefficient (Wildman–Crippen LogP) is 4.11. The molecule has 0 radical (unpaired) electrons. The highest BCUT2D eigenvalue weighted by atomic mass is 35.5. The van der Waals surface area contributed by atoms with Crippen molar-refractivity contribution in [2.45, 2.75) is 18.8 Å². The van der Waals surface area contributed by atoms with E-state index < -0.39 is 0 Å². The van der Waals surface area contributed by atoms with Crippen molar-refractivity contribution < 1.29 is 0 Å². The number of halogens is 2. The second-order valence-corrected chi connectivity index (χ2v) is 5.27. The highest BCUT2D eigenvalue weighted by molar-refractivity contribution is 7.71. The van der Waals surface area contributed by atoms with Crippen LogP contribution in [0.15, 0.2) is 18.2 Å². The average Bonchev–Trinajstić information content (AvgIpc) is 3.05. The van der Waals surface area contributed by atoms with Gasteiger partial charge in [-0.1, -0.05) is 29.3 Å². The molecule has 0 aliphatic heterocycles. The van der Waals surface area contributed by atoms with Gasteiger partial charge in [0.25, 0.3) is 0 Å². The minimum atomic E-state index is 0.468. The van der Waals surface area contributed by atoms with Gasteiger partial charge in [0.05, 0.1) is 15.7 Å². The van der Waals surface area contributed by atoms with Gasteiger partial charge >= 0.3 is 0 Å². The van der Waals surface area contributed by atoms with Crippen molar-refractivity contribution in [1.82, 2.24) is 14.8 Å². The fraction of sp³-hybridized carbons (Fsp3) is 0.273. The summed E-state index contributed by atoms with van der Waals surface area (Å²) in [5.74, 6) is 1.39. The van der Waals surface area contributed by atoms with Crippen molar-refractivity contribution >= 4 is 35.4 Å². The smallest absolute Gasteiger partial charge is 0.199 e. The zero-order valence-corrected chi connectivity index (χ0v) is 11.1. The Balaban J connectivity index is 2.27. The summed E-state index contributed by atoms with van der Waals surface area (Å²) in [5, 5.41) is 8.24. The highest BCUT2D eigenvalue weighted by Gasteiger charge is 2.30. The van der Waals surface area contributed by atoms with Gasteiger partial charge in [-0.3, -0.25) is 9.67 Å². The zero-order valence-electron chi connectivity index (χ0n) is 8.78. The van der Waals surface area contributed by atoms with Crippen LogP contribution in [0.2, 0.25) is 10.0 Å². The van der Waals surface area contributed by atoms with Gasteiger partial charge in [0.1, 0.15) is 5.82 Å². The number of hydrogen-bond donors (Lipinski definition) is 1. The third kappa shape index (κ3) is 1.90. The molecule has 88 valence electrons. The van der Waals surface area contributed by atoms with Crippen molar-refractivity contribution in [3.8, 4) is 5.69 Å². The summed E-state index contributed by atoms with van der Waals surface area (Å²) < 4.78 is 2.37. The molecule has 1 N–H and O–H groups in total. The third-order valence-electron chi connectivity index (χ3n) is 2.80. The van der Waals surface area contributed by atoms with E-state index in [1.165, 1.54) is 0 Å². The third-order valence-corrected chi connectivity index (χ3v) is 3.69. The first-order chi connectivity index (χ1) is 8.18. The van der Waals surface area contributed by atoms with E-state index in [2.05, 4.69) is 10.2 Å². The molecule has 0 saturated heterocycles. The molecule has 0 unspecified atom stereocenters. The van der Waals surface area contributed by atoms with Crippen LogP contribution in [-0.4, -0.2) is 14.8 Å². The van der Waals surface area contributed by atoms with Gasteiger partial charge in [-0.05, 0) is 37.2 Å². The Bertz CT molecular complexity index is 608. The molecule has 3 rings (SSSR count). The SMILES string of the molecule is S=c1[nH]nc(C2CC2)n1-c1c(Cl)cccc1Cl. The molecule has 17 heavy (non-hydrogen) atoms. The number of rotatable bonds is 2. The average molecular weight is 286 g/mol. The first kappa shape index (κ1) is 11.3. The van der Waals surface area contributed by atoms with E-state index in [9.17, 15) is 0 Å². The van der Waals surface area contributed by atoms with Crippen molar-refractivity contribution in [3.63, 3.8) is 0 Å². The quantitative estimate of drug-likeness (QED) is 0.843. The van der Waals surface area contributed by atoms with Crippen LogP contribution in [0.3, 0.4) is 0 Å². The Morgan fingerprint density at radius 1 is 1.29 bits per heavy atom. The molecule has 1 aromatic heterocycles. The van der Waals surface area contributed by atoms with E-state index >= 15 is 0 Å². The Morgan fingerprint density at radius 2 is 1.94 bits per heavy atom. The van der Waals surface area contributed by atoms with Gasteiger partial charge in [0.2, 0.25) is 0 Å². The van der Waals surface area contributed by atoms with Gasteiger partial charge in [-0.2, -0.15) is 5.10 Å². The normalized spacial score (nSPS) is 15.2. The van der Waals surface area contributed by atoms with Gasteiger partial charge in [-0.15, -0.1) is 0 Å². The summed E-state index contributed by atoms with van der Waals surface area (Å²) in [7, 11) is 0. The standard InChI is InChI=1S/C11H9Cl2N3S/c12-7-2-1-3-8(13)9(7)16-10(6-4-5-6)14-15-11(16)17/h1-3,6H,4-5H2,(H,15,17). The molecule has 1 aliphatic carbocycles. The lowest BCUT2D eigenvalue weighted by Gasteiger charge is -2.09. The molecule has 0 bridgehead atoms. The molecule has 1 fully saturated rings. The topological polar surface area (TPSA) is 33.6 Å². The fourth-order valence-corrected chi connectivity index (χ4v) is 2.64. The summed E-state index contributed by atoms with van der Waals surface area (Å²) in [6.07, 6.45) is 2.28. The maximum atomic E-state index is 6.20. The summed E-state index contributed by atoms with van der Waals surface area (Å²) in [4.78, 5) is 0. The number of benzene rings is 1. The van der Waals surface area contributed by atoms with E-state index in [0.717, 1.165) is 24.4 Å². The van der Waals surface area contributed by atoms with Gasteiger partial charge in [0.15, 0.2) is 4.77 Å². The minimum Gasteiger partial charge on any atom is -0.269 e. The second kappa shape index (κ2) is 4.12. The van der Waals surface area contributed by atoms with Crippen LogP contribution in [0.4, 0.5) is 0 Å². The summed E-state index contributed by atoms with van der Waals surface area (Å²) in [6, 6.07) is 5.41. The van der Waals surface area contributed by atoms with Crippen LogP contribution < -0.4 is 0 Å². The number of aromatic nitrogens is 3. The fourth-order valence-electron chi connectivity index (χ4n) is 1.84. The zero-order chi connectivity index (χ0) is 12.0. The lowest BCUT2D eigenvalue weighted by Crippen LogP contribution is -2.01. The van der Waals surface area contributed by atoms with Gasteiger partial charge in [-0.25, -0.2) is 0 Å². The Morgan fingerprint density at radius 3 is 2.53 bits per heavy atom. The lowest BCUT2D eigenvalue weighted by atomic mass is 10.3. The van der Waals surface area contributed by atoms with E-state index in [1.807, 2.05) is 10.6 Å². The Labute approximate surface area is 113 Å². The summed E-state index contributed by atoms with van der Waals surface area (Å²) >= 11 is 17.6. The number of nitrogens with one attached hydrogen (secondary N) is 1. The van der Waals surface area contributed by atoms with Crippen molar-refractivity contribution in [1.29, 1.82) is 0 Å². The summed E-state index contributed by atoms with van der Waals surface area (Å²) in [5.41, 5.74) is 0.719. The van der Waals surface area contributed by atoms with Crippen LogP contribution in [0.25, 0.3) is 5.69 Å². The molecule has 6 heteroatoms. The van der Waals surface area contributed by atoms with Crippen LogP contribution in [0, 0.1) is 4.77 Å². The number of nitrogens with zero attached hydrogens (tertiary/aromatic N) is 2. The molecule has 0 amide bonds. The molecule has 0 atom stereocenters. The van der Waals surface area contributed by atoms with E-state index in [-0.39, 0.29) is 0 Å². The highest BCUT2D eigenvalue weighted by Crippen LogP contribution is 2.41. The first-order valence-electron chi connectivity index (χ1n) is 5.30. The van der Waals surface area contributed by atoms with Gasteiger partial charge < -0.3 is 0 Å². The number of hydrogen-bond acceptors (Lipinski definition) is 2. The van der Waals surface area contributed by atoms with Crippen molar-refractivity contribution in [3.05, 3.63) is 38.8 Å². The number of aromatic amines is 1. The molecule has 1 aliphatic rings. The maximum Gasteiger partial charge on any atom is 0.199 e. The molecule has 1 heterocycles. The van der Waals surface area contributed by atoms with Crippen LogP contribution in [0.1, 0.15) is 24.6 Å². The molecule has 1 saturated carbocycles. The molecule has 2 aromatic rings. The summed E-state index contributed by atoms with van der Waals surface area (Å²) in [6.45, 7) is 0. The monoisotopic (exact) mass is 285 g/mol. The van der Waals surface area contributed by atoms with Crippen molar-refractivity contribution in [2.75, 3.05) is 0 Å². The van der Waals surface area contributed by atoms with Crippen LogP contribution in [0.5, 0.6) is 0 Å². The molecule has 0 spiro atoms. The van der Waals surface area contributed by atoms with E-state index in [1.54, 1.807) is 12.1 Å². The number of H-pyrrole nitrogens is 1.